The average molecular weight is 257 g/mol. The van der Waals surface area contributed by atoms with E-state index >= 15 is 0 Å². The molecule has 1 N–H and O–H groups in total. The van der Waals surface area contributed by atoms with Gasteiger partial charge in [0.15, 0.2) is 0 Å². The maximum atomic E-state index is 10.2. The lowest BCUT2D eigenvalue weighted by Gasteiger charge is -2.11. The van der Waals surface area contributed by atoms with Crippen LogP contribution in [0.4, 0.5) is 0 Å². The van der Waals surface area contributed by atoms with Crippen LogP contribution < -0.4 is 0 Å². The topological polar surface area (TPSA) is 38.0 Å². The molecule has 5 heteroatoms. The number of nitrogens with zero attached hydrogens (tertiary/aromatic N) is 2. The van der Waals surface area contributed by atoms with Gasteiger partial charge in [0.2, 0.25) is 0 Å². The molecule has 0 bridgehead atoms. The van der Waals surface area contributed by atoms with Gasteiger partial charge in [-0.05, 0) is 24.6 Å². The van der Waals surface area contributed by atoms with Gasteiger partial charge in [-0.3, -0.25) is 4.68 Å². The van der Waals surface area contributed by atoms with E-state index in [-0.39, 0.29) is 0 Å². The molecule has 1 unspecified atom stereocenters. The molecule has 16 heavy (non-hydrogen) atoms. The van der Waals surface area contributed by atoms with Crippen molar-refractivity contribution in [1.29, 1.82) is 0 Å². The Bertz CT molecular complexity index is 466. The van der Waals surface area contributed by atoms with Crippen molar-refractivity contribution in [2.75, 3.05) is 0 Å². The molecule has 0 radical (unpaired) electrons. The fraction of sp³-hybridized carbons (Fsp3) is 0.364. The van der Waals surface area contributed by atoms with Gasteiger partial charge in [0, 0.05) is 17.6 Å². The number of rotatable bonds is 4. The molecule has 2 rings (SSSR count). The lowest BCUT2D eigenvalue weighted by molar-refractivity contribution is 0.211. The molecular weight excluding hydrogens is 244 g/mol. The van der Waals surface area contributed by atoms with Crippen molar-refractivity contribution in [2.45, 2.75) is 26.0 Å². The van der Waals surface area contributed by atoms with Crippen molar-refractivity contribution >= 4 is 22.9 Å². The molecule has 0 spiro atoms. The largest absolute Gasteiger partial charge is 0.381 e. The number of aliphatic hydroxyl groups is 1. The van der Waals surface area contributed by atoms with Crippen LogP contribution >= 0.6 is 22.9 Å². The summed E-state index contributed by atoms with van der Waals surface area (Å²) in [5.41, 5.74) is 0.820. The summed E-state index contributed by atoms with van der Waals surface area (Å²) in [4.78, 5) is 0.850. The van der Waals surface area contributed by atoms with Crippen LogP contribution in [0.1, 0.15) is 30.0 Å². The van der Waals surface area contributed by atoms with Crippen LogP contribution in [-0.4, -0.2) is 14.9 Å². The Kier molecular flexibility index (Phi) is 3.63. The number of aliphatic hydroxyl groups excluding tert-OH is 1. The molecule has 0 fully saturated rings. The molecule has 2 heterocycles. The summed E-state index contributed by atoms with van der Waals surface area (Å²) in [7, 11) is 0. The molecule has 0 saturated heterocycles. The quantitative estimate of drug-likeness (QED) is 0.913. The van der Waals surface area contributed by atoms with E-state index in [1.165, 1.54) is 11.3 Å². The first-order valence-corrected chi connectivity index (χ1v) is 6.37. The summed E-state index contributed by atoms with van der Waals surface area (Å²) in [6, 6.07) is 5.49. The molecule has 2 aromatic rings. The van der Waals surface area contributed by atoms with E-state index in [2.05, 4.69) is 12.0 Å². The van der Waals surface area contributed by atoms with Crippen molar-refractivity contribution in [3.8, 4) is 0 Å². The lowest BCUT2D eigenvalue weighted by atomic mass is 10.2. The third kappa shape index (κ3) is 2.29. The van der Waals surface area contributed by atoms with E-state index in [1.54, 1.807) is 12.3 Å². The molecule has 1 atom stereocenters. The standard InChI is InChI=1S/C11H13ClN2OS/c1-2-7-14-8(5-6-13-14)11(15)9-3-4-10(12)16-9/h3-6,11,15H,2,7H2,1H3. The number of halogens is 1. The van der Waals surface area contributed by atoms with E-state index in [1.807, 2.05) is 16.8 Å². The van der Waals surface area contributed by atoms with Gasteiger partial charge < -0.3 is 5.11 Å². The molecular formula is C11H13ClN2OS. The van der Waals surface area contributed by atoms with Gasteiger partial charge in [0.05, 0.1) is 10.0 Å². The van der Waals surface area contributed by atoms with Crippen molar-refractivity contribution < 1.29 is 5.11 Å². The summed E-state index contributed by atoms with van der Waals surface area (Å²) in [6.07, 6.45) is 2.07. The Morgan fingerprint density at radius 3 is 2.94 bits per heavy atom. The Balaban J connectivity index is 2.26. The third-order valence-electron chi connectivity index (χ3n) is 2.33. The van der Waals surface area contributed by atoms with E-state index in [4.69, 9.17) is 11.6 Å². The zero-order valence-corrected chi connectivity index (χ0v) is 10.5. The molecule has 0 aromatic carbocycles. The van der Waals surface area contributed by atoms with Crippen molar-refractivity contribution in [1.82, 2.24) is 9.78 Å². The van der Waals surface area contributed by atoms with Crippen LogP contribution in [0.2, 0.25) is 4.34 Å². The lowest BCUT2D eigenvalue weighted by Crippen LogP contribution is -2.09. The van der Waals surface area contributed by atoms with Crippen LogP contribution in [-0.2, 0) is 6.54 Å². The number of thiophene rings is 1. The fourth-order valence-corrected chi connectivity index (χ4v) is 2.65. The molecule has 0 aliphatic rings. The molecule has 0 saturated carbocycles. The van der Waals surface area contributed by atoms with Crippen LogP contribution in [0.5, 0.6) is 0 Å². The van der Waals surface area contributed by atoms with Gasteiger partial charge in [-0.25, -0.2) is 0 Å². The van der Waals surface area contributed by atoms with Gasteiger partial charge in [-0.1, -0.05) is 18.5 Å². The molecule has 2 aromatic heterocycles. The van der Waals surface area contributed by atoms with E-state index < -0.39 is 6.10 Å². The predicted octanol–water partition coefficient (Wildman–Crippen LogP) is 3.09. The van der Waals surface area contributed by atoms with E-state index in [0.29, 0.717) is 4.34 Å². The third-order valence-corrected chi connectivity index (χ3v) is 3.61. The Hall–Kier alpha value is -0.840. The van der Waals surface area contributed by atoms with Gasteiger partial charge in [-0.2, -0.15) is 5.10 Å². The SMILES string of the molecule is CCCn1nccc1C(O)c1ccc(Cl)s1. The summed E-state index contributed by atoms with van der Waals surface area (Å²) in [5.74, 6) is 0. The van der Waals surface area contributed by atoms with Crippen molar-refractivity contribution in [3.05, 3.63) is 39.3 Å². The second-order valence-electron chi connectivity index (χ2n) is 3.52. The zero-order valence-electron chi connectivity index (χ0n) is 8.93. The monoisotopic (exact) mass is 256 g/mol. The normalized spacial score (nSPS) is 12.9. The second-order valence-corrected chi connectivity index (χ2v) is 5.27. The number of hydrogen-bond acceptors (Lipinski definition) is 3. The summed E-state index contributed by atoms with van der Waals surface area (Å²) < 4.78 is 2.52. The number of hydrogen-bond donors (Lipinski definition) is 1. The van der Waals surface area contributed by atoms with Gasteiger partial charge in [-0.15, -0.1) is 11.3 Å². The number of aromatic nitrogens is 2. The highest BCUT2D eigenvalue weighted by molar-refractivity contribution is 7.16. The van der Waals surface area contributed by atoms with E-state index in [0.717, 1.165) is 23.5 Å². The van der Waals surface area contributed by atoms with Crippen LogP contribution in [0.3, 0.4) is 0 Å². The molecule has 86 valence electrons. The predicted molar refractivity (Wildman–Crippen MR) is 65.9 cm³/mol. The molecule has 0 aliphatic heterocycles. The van der Waals surface area contributed by atoms with Crippen LogP contribution in [0, 0.1) is 0 Å². The average Bonchev–Trinajstić information content (AvgIpc) is 2.87. The minimum absolute atomic E-state index is 0.633. The van der Waals surface area contributed by atoms with Crippen molar-refractivity contribution in [2.24, 2.45) is 0 Å². The summed E-state index contributed by atoms with van der Waals surface area (Å²) in [6.45, 7) is 2.90. The Morgan fingerprint density at radius 2 is 2.31 bits per heavy atom. The Morgan fingerprint density at radius 1 is 1.50 bits per heavy atom. The molecule has 3 nitrogen and oxygen atoms in total. The maximum Gasteiger partial charge on any atom is 0.130 e. The fourth-order valence-electron chi connectivity index (χ4n) is 1.59. The molecule has 0 aliphatic carbocycles. The Labute approximate surface area is 103 Å². The highest BCUT2D eigenvalue weighted by Gasteiger charge is 2.16. The number of aryl methyl sites for hydroxylation is 1. The van der Waals surface area contributed by atoms with Gasteiger partial charge >= 0.3 is 0 Å². The van der Waals surface area contributed by atoms with E-state index in [9.17, 15) is 5.11 Å². The highest BCUT2D eigenvalue weighted by Crippen LogP contribution is 2.30. The minimum Gasteiger partial charge on any atom is -0.381 e. The van der Waals surface area contributed by atoms with Gasteiger partial charge in [0.25, 0.3) is 0 Å². The van der Waals surface area contributed by atoms with Crippen molar-refractivity contribution in [3.63, 3.8) is 0 Å². The minimum atomic E-state index is -0.633. The first-order valence-electron chi connectivity index (χ1n) is 5.17. The summed E-state index contributed by atoms with van der Waals surface area (Å²) in [5, 5.41) is 14.4. The molecule has 0 amide bonds. The first kappa shape index (κ1) is 11.6. The highest BCUT2D eigenvalue weighted by atomic mass is 35.5. The van der Waals surface area contributed by atoms with Crippen LogP contribution in [0.15, 0.2) is 24.4 Å². The maximum absolute atomic E-state index is 10.2. The second kappa shape index (κ2) is 4.99. The smallest absolute Gasteiger partial charge is 0.130 e. The summed E-state index contributed by atoms with van der Waals surface area (Å²) >= 11 is 7.25. The first-order chi connectivity index (χ1) is 7.72. The van der Waals surface area contributed by atoms with Gasteiger partial charge in [0.1, 0.15) is 6.10 Å². The van der Waals surface area contributed by atoms with Crippen LogP contribution in [0.25, 0.3) is 0 Å². The zero-order chi connectivity index (χ0) is 11.5.